The van der Waals surface area contributed by atoms with Crippen molar-refractivity contribution in [2.45, 2.75) is 128 Å². The third-order valence-electron chi connectivity index (χ3n) is 6.81. The van der Waals surface area contributed by atoms with Crippen LogP contribution < -0.4 is 10.6 Å². The third-order valence-corrected chi connectivity index (χ3v) is 8.08. The van der Waals surface area contributed by atoms with Crippen LogP contribution in [0.15, 0.2) is 24.3 Å². The lowest BCUT2D eigenvalue weighted by Crippen LogP contribution is -2.42. The van der Waals surface area contributed by atoms with Crippen molar-refractivity contribution in [3.05, 3.63) is 35.4 Å². The van der Waals surface area contributed by atoms with Gasteiger partial charge in [0.25, 0.3) is 0 Å². The van der Waals surface area contributed by atoms with Crippen molar-refractivity contribution < 1.29 is 4.79 Å². The first kappa shape index (κ1) is 28.2. The van der Waals surface area contributed by atoms with Crippen LogP contribution in [0.5, 0.6) is 0 Å². The van der Waals surface area contributed by atoms with Gasteiger partial charge in [0.1, 0.15) is 0 Å². The molecule has 2 N–H and O–H groups in total. The number of unbranched alkanes of at least 4 members (excludes halogenated alkanes) is 15. The SMILES string of the molecule is CCCCCCCCCCCCCCCCCCNC(=O)[C@@H]1CSC(c2ccc(C)cc2)N1. The van der Waals surface area contributed by atoms with Crippen LogP contribution in [0.4, 0.5) is 0 Å². The van der Waals surface area contributed by atoms with Crippen LogP contribution >= 0.6 is 11.8 Å². The molecule has 3 nitrogen and oxygen atoms in total. The minimum absolute atomic E-state index is 0.0673. The predicted octanol–water partition coefficient (Wildman–Crippen LogP) is 8.08. The number of amides is 1. The van der Waals surface area contributed by atoms with Crippen LogP contribution in [0.3, 0.4) is 0 Å². The molecule has 1 amide bonds. The Morgan fingerprint density at radius 3 is 1.82 bits per heavy atom. The summed E-state index contributed by atoms with van der Waals surface area (Å²) in [6.45, 7) is 5.21. The topological polar surface area (TPSA) is 41.1 Å². The van der Waals surface area contributed by atoms with Gasteiger partial charge in [-0.2, -0.15) is 0 Å². The second kappa shape index (κ2) is 18.3. The Balaban J connectivity index is 1.34. The van der Waals surface area contributed by atoms with E-state index >= 15 is 0 Å². The van der Waals surface area contributed by atoms with Crippen molar-refractivity contribution in [2.75, 3.05) is 12.3 Å². The summed E-state index contributed by atoms with van der Waals surface area (Å²) in [6, 6.07) is 8.54. The molecule has 1 unspecified atom stereocenters. The molecule has 1 aliphatic rings. The van der Waals surface area contributed by atoms with Crippen molar-refractivity contribution in [2.24, 2.45) is 0 Å². The highest BCUT2D eigenvalue weighted by Gasteiger charge is 2.30. The first-order valence-corrected chi connectivity index (χ1v) is 15.0. The van der Waals surface area contributed by atoms with Crippen LogP contribution in [0.1, 0.15) is 126 Å². The standard InChI is InChI=1S/C29H50N2OS/c1-3-4-5-6-7-8-9-10-11-12-13-14-15-16-17-18-23-30-28(32)27-24-33-29(31-27)26-21-19-25(2)20-22-26/h19-22,27,29,31H,3-18,23-24H2,1-2H3,(H,30,32)/t27-,29?/m0/s1. The van der Waals surface area contributed by atoms with Gasteiger partial charge in [-0.05, 0) is 18.9 Å². The van der Waals surface area contributed by atoms with E-state index in [4.69, 9.17) is 0 Å². The second-order valence-electron chi connectivity index (χ2n) is 9.94. The highest BCUT2D eigenvalue weighted by Crippen LogP contribution is 2.32. The number of aryl methyl sites for hydroxylation is 1. The molecule has 1 saturated heterocycles. The lowest BCUT2D eigenvalue weighted by molar-refractivity contribution is -0.122. The van der Waals surface area contributed by atoms with Crippen molar-refractivity contribution in [3.8, 4) is 0 Å². The smallest absolute Gasteiger partial charge is 0.238 e. The predicted molar refractivity (Wildman–Crippen MR) is 146 cm³/mol. The summed E-state index contributed by atoms with van der Waals surface area (Å²) in [7, 11) is 0. The number of thioether (sulfide) groups is 1. The van der Waals surface area contributed by atoms with E-state index in [2.05, 4.69) is 48.7 Å². The molecule has 1 heterocycles. The fourth-order valence-corrected chi connectivity index (χ4v) is 5.81. The molecule has 2 atom stereocenters. The second-order valence-corrected chi connectivity index (χ2v) is 11.1. The Hall–Kier alpha value is -1.00. The minimum Gasteiger partial charge on any atom is -0.355 e. The summed E-state index contributed by atoms with van der Waals surface area (Å²) in [6.07, 6.45) is 22.1. The van der Waals surface area contributed by atoms with Gasteiger partial charge in [0.05, 0.1) is 11.4 Å². The molecule has 0 bridgehead atoms. The van der Waals surface area contributed by atoms with Crippen LogP contribution in [0.25, 0.3) is 0 Å². The van der Waals surface area contributed by atoms with E-state index in [0.29, 0.717) is 0 Å². The summed E-state index contributed by atoms with van der Waals surface area (Å²) < 4.78 is 0. The van der Waals surface area contributed by atoms with Crippen LogP contribution in [-0.4, -0.2) is 24.2 Å². The van der Waals surface area contributed by atoms with E-state index in [1.807, 2.05) is 11.8 Å². The number of nitrogens with one attached hydrogen (secondary N) is 2. The van der Waals surface area contributed by atoms with Gasteiger partial charge >= 0.3 is 0 Å². The molecule has 33 heavy (non-hydrogen) atoms. The zero-order valence-corrected chi connectivity index (χ0v) is 22.3. The van der Waals surface area contributed by atoms with Crippen molar-refractivity contribution in [1.29, 1.82) is 0 Å². The summed E-state index contributed by atoms with van der Waals surface area (Å²) in [5, 5.41) is 6.86. The Labute approximate surface area is 208 Å². The maximum Gasteiger partial charge on any atom is 0.238 e. The van der Waals surface area contributed by atoms with Crippen LogP contribution in [0, 0.1) is 6.92 Å². The van der Waals surface area contributed by atoms with Gasteiger partial charge in [-0.15, -0.1) is 11.8 Å². The fourth-order valence-electron chi connectivity index (χ4n) is 4.56. The highest BCUT2D eigenvalue weighted by atomic mass is 32.2. The van der Waals surface area contributed by atoms with Crippen LogP contribution in [-0.2, 0) is 4.79 Å². The molecule has 2 rings (SSSR count). The van der Waals surface area contributed by atoms with Gasteiger partial charge in [0.2, 0.25) is 5.91 Å². The number of benzene rings is 1. The fraction of sp³-hybridized carbons (Fsp3) is 0.759. The van der Waals surface area contributed by atoms with E-state index in [9.17, 15) is 4.79 Å². The zero-order valence-electron chi connectivity index (χ0n) is 21.5. The minimum atomic E-state index is -0.0673. The van der Waals surface area contributed by atoms with Crippen LogP contribution in [0.2, 0.25) is 0 Å². The molecule has 0 aromatic heterocycles. The van der Waals surface area contributed by atoms with Gasteiger partial charge in [-0.1, -0.05) is 133 Å². The van der Waals surface area contributed by atoms with E-state index in [0.717, 1.165) is 18.7 Å². The van der Waals surface area contributed by atoms with Crippen molar-refractivity contribution >= 4 is 17.7 Å². The maximum atomic E-state index is 12.4. The van der Waals surface area contributed by atoms with Gasteiger partial charge in [-0.3, -0.25) is 10.1 Å². The maximum absolute atomic E-state index is 12.4. The van der Waals surface area contributed by atoms with E-state index in [1.54, 1.807) is 0 Å². The van der Waals surface area contributed by atoms with Crippen molar-refractivity contribution in [3.63, 3.8) is 0 Å². The Morgan fingerprint density at radius 1 is 0.818 bits per heavy atom. The number of carbonyl (C=O) groups is 1. The van der Waals surface area contributed by atoms with E-state index in [-0.39, 0.29) is 17.3 Å². The molecule has 0 saturated carbocycles. The Bertz CT molecular complexity index is 619. The molecule has 1 fully saturated rings. The summed E-state index contributed by atoms with van der Waals surface area (Å²) in [4.78, 5) is 12.4. The number of rotatable bonds is 19. The average molecular weight is 475 g/mol. The summed E-state index contributed by atoms with van der Waals surface area (Å²) in [5.41, 5.74) is 2.54. The normalized spacial score (nSPS) is 18.0. The zero-order chi connectivity index (χ0) is 23.6. The largest absolute Gasteiger partial charge is 0.355 e. The van der Waals surface area contributed by atoms with Gasteiger partial charge in [0.15, 0.2) is 0 Å². The Kier molecular flexibility index (Phi) is 15.7. The van der Waals surface area contributed by atoms with Gasteiger partial charge < -0.3 is 5.32 Å². The van der Waals surface area contributed by atoms with Crippen molar-refractivity contribution in [1.82, 2.24) is 10.6 Å². The molecule has 0 aliphatic carbocycles. The quantitative estimate of drug-likeness (QED) is 0.199. The highest BCUT2D eigenvalue weighted by molar-refractivity contribution is 7.99. The van der Waals surface area contributed by atoms with Gasteiger partial charge in [0, 0.05) is 12.3 Å². The average Bonchev–Trinajstić information content (AvgIpc) is 3.32. The lowest BCUT2D eigenvalue weighted by atomic mass is 10.0. The molecular weight excluding hydrogens is 424 g/mol. The van der Waals surface area contributed by atoms with E-state index < -0.39 is 0 Å². The first-order valence-electron chi connectivity index (χ1n) is 13.9. The molecule has 1 aromatic rings. The number of carbonyl (C=O) groups excluding carboxylic acids is 1. The molecule has 4 heteroatoms. The van der Waals surface area contributed by atoms with E-state index in [1.165, 1.54) is 107 Å². The molecule has 1 aliphatic heterocycles. The Morgan fingerprint density at radius 2 is 1.30 bits per heavy atom. The first-order chi connectivity index (χ1) is 16.2. The molecule has 0 spiro atoms. The monoisotopic (exact) mass is 474 g/mol. The summed E-state index contributed by atoms with van der Waals surface area (Å²) >= 11 is 1.83. The summed E-state index contributed by atoms with van der Waals surface area (Å²) in [5.74, 6) is 1.02. The number of hydrogen-bond acceptors (Lipinski definition) is 3. The molecule has 1 aromatic carbocycles. The van der Waals surface area contributed by atoms with Gasteiger partial charge in [-0.25, -0.2) is 0 Å². The molecule has 188 valence electrons. The third kappa shape index (κ3) is 12.9. The molecule has 0 radical (unpaired) electrons. The lowest BCUT2D eigenvalue weighted by Gasteiger charge is -2.14. The molecular formula is C29H50N2OS. The number of hydrogen-bond donors (Lipinski definition) is 2.